The SMILES string of the molecule is Nc1nc(N)c2c(n1)=NCC=2. The van der Waals surface area contributed by atoms with Gasteiger partial charge in [-0.1, -0.05) is 0 Å². The van der Waals surface area contributed by atoms with Gasteiger partial charge in [0.1, 0.15) is 5.82 Å². The van der Waals surface area contributed by atoms with E-state index in [1.807, 2.05) is 6.08 Å². The summed E-state index contributed by atoms with van der Waals surface area (Å²) < 4.78 is 0. The molecule has 0 bridgehead atoms. The molecule has 1 aliphatic rings. The standard InChI is InChI=1S/C6H7N5/c7-4-3-1-2-9-5(3)11-6(8)10-4/h1H,2H2,(H4,7,8,9,10,11). The summed E-state index contributed by atoms with van der Waals surface area (Å²) >= 11 is 0. The largest absolute Gasteiger partial charge is 0.383 e. The van der Waals surface area contributed by atoms with Crippen LogP contribution in [0.5, 0.6) is 0 Å². The fraction of sp³-hybridized carbons (Fsp3) is 0.167. The molecule has 1 aromatic heterocycles. The van der Waals surface area contributed by atoms with Crippen LogP contribution in [0.25, 0.3) is 6.08 Å². The Morgan fingerprint density at radius 2 is 2.09 bits per heavy atom. The van der Waals surface area contributed by atoms with Gasteiger partial charge in [0.2, 0.25) is 5.95 Å². The Balaban J connectivity index is 2.93. The second-order valence-corrected chi connectivity index (χ2v) is 2.25. The maximum atomic E-state index is 5.55. The van der Waals surface area contributed by atoms with Crippen molar-refractivity contribution in [3.05, 3.63) is 10.7 Å². The van der Waals surface area contributed by atoms with Crippen molar-refractivity contribution in [2.75, 3.05) is 18.0 Å². The number of hydrogen-bond acceptors (Lipinski definition) is 5. The summed E-state index contributed by atoms with van der Waals surface area (Å²) in [6.45, 7) is 0.623. The van der Waals surface area contributed by atoms with Crippen molar-refractivity contribution in [2.45, 2.75) is 0 Å². The smallest absolute Gasteiger partial charge is 0.224 e. The number of fused-ring (bicyclic) bond motifs is 1. The summed E-state index contributed by atoms with van der Waals surface area (Å²) in [5, 5.41) is 0.805. The molecule has 0 aliphatic carbocycles. The van der Waals surface area contributed by atoms with Crippen LogP contribution < -0.4 is 22.2 Å². The van der Waals surface area contributed by atoms with E-state index in [-0.39, 0.29) is 5.95 Å². The molecule has 1 aromatic rings. The van der Waals surface area contributed by atoms with Crippen molar-refractivity contribution < 1.29 is 0 Å². The minimum absolute atomic E-state index is 0.181. The number of hydrogen-bond donors (Lipinski definition) is 2. The van der Waals surface area contributed by atoms with Gasteiger partial charge in [-0.15, -0.1) is 0 Å². The molecule has 0 saturated carbocycles. The van der Waals surface area contributed by atoms with Crippen LogP contribution in [0.1, 0.15) is 0 Å². The summed E-state index contributed by atoms with van der Waals surface area (Å²) in [5.74, 6) is 0.592. The van der Waals surface area contributed by atoms with Crippen LogP contribution in [0.3, 0.4) is 0 Å². The van der Waals surface area contributed by atoms with Crippen LogP contribution in [-0.2, 0) is 0 Å². The Bertz CT molecular complexity index is 408. The van der Waals surface area contributed by atoms with Gasteiger partial charge in [0, 0.05) is 0 Å². The van der Waals surface area contributed by atoms with E-state index in [2.05, 4.69) is 15.0 Å². The van der Waals surface area contributed by atoms with E-state index in [1.165, 1.54) is 0 Å². The predicted octanol–water partition coefficient (Wildman–Crippen LogP) is -1.95. The summed E-state index contributed by atoms with van der Waals surface area (Å²) in [7, 11) is 0. The average molecular weight is 149 g/mol. The Hall–Kier alpha value is -1.65. The minimum atomic E-state index is 0.181. The molecular weight excluding hydrogens is 142 g/mol. The van der Waals surface area contributed by atoms with Gasteiger partial charge in [-0.05, 0) is 6.08 Å². The van der Waals surface area contributed by atoms with Crippen molar-refractivity contribution in [2.24, 2.45) is 4.99 Å². The van der Waals surface area contributed by atoms with Crippen LogP contribution in [0.2, 0.25) is 0 Å². The van der Waals surface area contributed by atoms with Crippen molar-refractivity contribution in [1.29, 1.82) is 0 Å². The molecule has 0 unspecified atom stereocenters. The van der Waals surface area contributed by atoms with Gasteiger partial charge in [0.15, 0.2) is 5.49 Å². The van der Waals surface area contributed by atoms with Gasteiger partial charge < -0.3 is 11.5 Å². The zero-order chi connectivity index (χ0) is 7.84. The van der Waals surface area contributed by atoms with Crippen LogP contribution in [0, 0.1) is 0 Å². The first-order valence-electron chi connectivity index (χ1n) is 3.21. The molecule has 1 aliphatic heterocycles. The molecule has 0 aromatic carbocycles. The third kappa shape index (κ3) is 0.813. The van der Waals surface area contributed by atoms with Crippen LogP contribution in [0.4, 0.5) is 11.8 Å². The van der Waals surface area contributed by atoms with E-state index in [4.69, 9.17) is 11.5 Å². The molecule has 0 spiro atoms. The summed E-state index contributed by atoms with van der Waals surface area (Å²) in [4.78, 5) is 11.8. The highest BCUT2D eigenvalue weighted by molar-refractivity contribution is 5.42. The van der Waals surface area contributed by atoms with Crippen LogP contribution in [0.15, 0.2) is 4.99 Å². The Morgan fingerprint density at radius 1 is 1.27 bits per heavy atom. The summed E-state index contributed by atoms with van der Waals surface area (Å²) in [5.41, 5.74) is 11.5. The fourth-order valence-electron chi connectivity index (χ4n) is 1.03. The van der Waals surface area contributed by atoms with Gasteiger partial charge in [-0.25, -0.2) is 0 Å². The molecular formula is C6H7N5. The number of nitrogens with two attached hydrogens (primary N) is 2. The molecule has 0 saturated heterocycles. The molecule has 0 fully saturated rings. The normalized spacial score (nSPS) is 13.5. The Morgan fingerprint density at radius 3 is 2.91 bits per heavy atom. The van der Waals surface area contributed by atoms with E-state index in [0.29, 0.717) is 17.9 Å². The van der Waals surface area contributed by atoms with Gasteiger partial charge >= 0.3 is 0 Å². The van der Waals surface area contributed by atoms with E-state index in [0.717, 1.165) is 5.22 Å². The first-order valence-corrected chi connectivity index (χ1v) is 3.21. The van der Waals surface area contributed by atoms with E-state index < -0.39 is 0 Å². The number of aromatic nitrogens is 2. The molecule has 4 N–H and O–H groups in total. The highest BCUT2D eigenvalue weighted by Crippen LogP contribution is 1.89. The maximum absolute atomic E-state index is 5.55. The Labute approximate surface area is 62.5 Å². The van der Waals surface area contributed by atoms with E-state index in [9.17, 15) is 0 Å². The van der Waals surface area contributed by atoms with Gasteiger partial charge in [-0.2, -0.15) is 9.97 Å². The lowest BCUT2D eigenvalue weighted by Crippen LogP contribution is -2.30. The molecule has 0 amide bonds. The maximum Gasteiger partial charge on any atom is 0.224 e. The number of anilines is 2. The van der Waals surface area contributed by atoms with E-state index >= 15 is 0 Å². The molecule has 0 radical (unpaired) electrons. The third-order valence-corrected chi connectivity index (χ3v) is 1.51. The predicted molar refractivity (Wildman–Crippen MR) is 41.0 cm³/mol. The highest BCUT2D eigenvalue weighted by atomic mass is 15.1. The van der Waals surface area contributed by atoms with E-state index in [1.54, 1.807) is 0 Å². The Kier molecular flexibility index (Phi) is 1.06. The second-order valence-electron chi connectivity index (χ2n) is 2.25. The third-order valence-electron chi connectivity index (χ3n) is 1.51. The molecule has 5 nitrogen and oxygen atoms in total. The topological polar surface area (TPSA) is 90.2 Å². The monoisotopic (exact) mass is 149 g/mol. The lowest BCUT2D eigenvalue weighted by Gasteiger charge is -1.92. The number of rotatable bonds is 0. The summed E-state index contributed by atoms with van der Waals surface area (Å²) in [6, 6.07) is 0. The number of nitrogen functional groups attached to an aromatic ring is 2. The molecule has 56 valence electrons. The lowest BCUT2D eigenvalue weighted by molar-refractivity contribution is 1.06. The molecule has 5 heteroatoms. The van der Waals surface area contributed by atoms with Gasteiger partial charge in [-0.3, -0.25) is 4.99 Å². The van der Waals surface area contributed by atoms with Crippen molar-refractivity contribution in [1.82, 2.24) is 9.97 Å². The zero-order valence-electron chi connectivity index (χ0n) is 5.78. The highest BCUT2D eigenvalue weighted by Gasteiger charge is 2.02. The quantitative estimate of drug-likeness (QED) is 0.448. The molecule has 0 atom stereocenters. The van der Waals surface area contributed by atoms with Gasteiger partial charge in [0.05, 0.1) is 11.8 Å². The second kappa shape index (κ2) is 1.91. The average Bonchev–Trinajstić information content (AvgIpc) is 2.34. The summed E-state index contributed by atoms with van der Waals surface area (Å²) in [6.07, 6.45) is 1.88. The minimum Gasteiger partial charge on any atom is -0.383 e. The zero-order valence-corrected chi connectivity index (χ0v) is 5.78. The number of nitrogens with zero attached hydrogens (tertiary/aromatic N) is 3. The van der Waals surface area contributed by atoms with Crippen LogP contribution in [-0.4, -0.2) is 16.5 Å². The molecule has 2 rings (SSSR count). The first kappa shape index (κ1) is 6.09. The molecule has 2 heterocycles. The van der Waals surface area contributed by atoms with Crippen molar-refractivity contribution in [3.63, 3.8) is 0 Å². The fourth-order valence-corrected chi connectivity index (χ4v) is 1.03. The van der Waals surface area contributed by atoms with Crippen molar-refractivity contribution in [3.8, 4) is 0 Å². The van der Waals surface area contributed by atoms with Crippen LogP contribution >= 0.6 is 0 Å². The van der Waals surface area contributed by atoms with Crippen molar-refractivity contribution >= 4 is 17.8 Å². The lowest BCUT2D eigenvalue weighted by atomic mass is 10.4. The molecule has 11 heavy (non-hydrogen) atoms. The first-order chi connectivity index (χ1) is 5.27. The van der Waals surface area contributed by atoms with Gasteiger partial charge in [0.25, 0.3) is 0 Å².